The molecule has 0 fully saturated rings. The van der Waals surface area contributed by atoms with E-state index in [1.807, 2.05) is 0 Å². The number of rotatable bonds is 3. The van der Waals surface area contributed by atoms with E-state index in [-0.39, 0.29) is 25.5 Å². The van der Waals surface area contributed by atoms with Crippen LogP contribution in [0.4, 0.5) is 17.6 Å². The minimum atomic E-state index is -1.38. The molecule has 0 bridgehead atoms. The molecule has 2 N–H and O–H groups in total. The summed E-state index contributed by atoms with van der Waals surface area (Å²) in [5, 5.41) is 0. The van der Waals surface area contributed by atoms with Crippen molar-refractivity contribution in [1.29, 1.82) is 0 Å². The molecule has 0 amide bonds. The van der Waals surface area contributed by atoms with Gasteiger partial charge in [-0.15, -0.1) is 0 Å². The van der Waals surface area contributed by atoms with E-state index in [1.54, 1.807) is 0 Å². The quantitative estimate of drug-likeness (QED) is 0.596. The van der Waals surface area contributed by atoms with E-state index in [9.17, 15) is 17.6 Å². The van der Waals surface area contributed by atoms with E-state index in [4.69, 9.17) is 5.73 Å². The maximum absolute atomic E-state index is 12.9. The maximum Gasteiger partial charge on any atom is 0.165 e. The second-order valence-electron chi connectivity index (χ2n) is 2.84. The topological polar surface area (TPSA) is 26.0 Å². The third kappa shape index (κ3) is 2.04. The largest absolute Gasteiger partial charge is 0.330 e. The molecule has 0 heterocycles. The molecule has 14 heavy (non-hydrogen) atoms. The van der Waals surface area contributed by atoms with Crippen LogP contribution in [0.2, 0.25) is 0 Å². The molecule has 0 aliphatic rings. The van der Waals surface area contributed by atoms with Crippen molar-refractivity contribution in [2.24, 2.45) is 5.73 Å². The molecule has 1 aromatic carbocycles. The van der Waals surface area contributed by atoms with Crippen molar-refractivity contribution in [3.05, 3.63) is 34.9 Å². The lowest BCUT2D eigenvalue weighted by atomic mass is 10.1. The molecule has 0 saturated carbocycles. The average Bonchev–Trinajstić information content (AvgIpc) is 2.15. The van der Waals surface area contributed by atoms with Gasteiger partial charge < -0.3 is 5.73 Å². The predicted octanol–water partition coefficient (Wildman–Crippen LogP) is 2.13. The fraction of sp³-hybridized carbons (Fsp3) is 0.333. The summed E-state index contributed by atoms with van der Waals surface area (Å²) < 4.78 is 51.2. The lowest BCUT2D eigenvalue weighted by molar-refractivity contribution is 0.437. The monoisotopic (exact) mass is 207 g/mol. The van der Waals surface area contributed by atoms with Crippen LogP contribution in [0.1, 0.15) is 12.0 Å². The van der Waals surface area contributed by atoms with Gasteiger partial charge in [0.15, 0.2) is 23.3 Å². The fourth-order valence-corrected chi connectivity index (χ4v) is 1.12. The van der Waals surface area contributed by atoms with Gasteiger partial charge in [0.2, 0.25) is 0 Å². The van der Waals surface area contributed by atoms with Gasteiger partial charge in [0.25, 0.3) is 0 Å². The molecule has 0 aromatic heterocycles. The number of benzene rings is 1. The Bertz CT molecular complexity index is 312. The van der Waals surface area contributed by atoms with Gasteiger partial charge in [-0.25, -0.2) is 17.6 Å². The highest BCUT2D eigenvalue weighted by Crippen LogP contribution is 2.20. The smallest absolute Gasteiger partial charge is 0.165 e. The molecule has 0 aliphatic carbocycles. The van der Waals surface area contributed by atoms with Crippen LogP contribution in [0.5, 0.6) is 0 Å². The van der Waals surface area contributed by atoms with Gasteiger partial charge in [0.1, 0.15) is 0 Å². The van der Waals surface area contributed by atoms with Crippen molar-refractivity contribution in [2.45, 2.75) is 12.8 Å². The van der Waals surface area contributed by atoms with Crippen molar-refractivity contribution in [1.82, 2.24) is 0 Å². The van der Waals surface area contributed by atoms with Gasteiger partial charge in [-0.05, 0) is 19.4 Å². The Morgan fingerprint density at radius 1 is 1.00 bits per heavy atom. The van der Waals surface area contributed by atoms with Gasteiger partial charge in [-0.2, -0.15) is 0 Å². The molecule has 0 unspecified atom stereocenters. The van der Waals surface area contributed by atoms with Crippen molar-refractivity contribution < 1.29 is 17.6 Å². The van der Waals surface area contributed by atoms with E-state index in [0.717, 1.165) is 0 Å². The molecule has 1 aromatic rings. The molecule has 1 nitrogen and oxygen atoms in total. The summed E-state index contributed by atoms with van der Waals surface area (Å²) in [6.07, 6.45) is 0.166. The zero-order valence-electron chi connectivity index (χ0n) is 7.29. The maximum atomic E-state index is 12.9. The molecule has 1 rings (SSSR count). The molecule has 0 saturated heterocycles. The third-order valence-corrected chi connectivity index (χ3v) is 1.83. The number of hydrogen-bond donors (Lipinski definition) is 1. The lowest BCUT2D eigenvalue weighted by Crippen LogP contribution is -2.06. The van der Waals surface area contributed by atoms with Gasteiger partial charge in [-0.3, -0.25) is 0 Å². The van der Waals surface area contributed by atoms with Crippen LogP contribution in [-0.4, -0.2) is 6.54 Å². The molecule has 0 atom stereocenters. The molecule has 5 heteroatoms. The molecule has 0 aliphatic heterocycles. The Balaban J connectivity index is 3.11. The van der Waals surface area contributed by atoms with Gasteiger partial charge in [0.05, 0.1) is 0 Å². The number of nitrogens with two attached hydrogens (primary N) is 1. The Kier molecular flexibility index (Phi) is 3.46. The summed E-state index contributed by atoms with van der Waals surface area (Å²) in [6, 6.07) is 0.191. The van der Waals surface area contributed by atoms with Crippen LogP contribution in [0.3, 0.4) is 0 Å². The molecular weight excluding hydrogens is 198 g/mol. The minimum Gasteiger partial charge on any atom is -0.330 e. The first kappa shape index (κ1) is 11.0. The van der Waals surface area contributed by atoms with Crippen LogP contribution in [-0.2, 0) is 6.42 Å². The van der Waals surface area contributed by atoms with Crippen LogP contribution < -0.4 is 5.73 Å². The van der Waals surface area contributed by atoms with E-state index < -0.39 is 28.8 Å². The first-order valence-corrected chi connectivity index (χ1v) is 4.10. The van der Waals surface area contributed by atoms with E-state index >= 15 is 0 Å². The van der Waals surface area contributed by atoms with Crippen LogP contribution in [0, 0.1) is 23.3 Å². The van der Waals surface area contributed by atoms with E-state index in [2.05, 4.69) is 0 Å². The predicted molar refractivity (Wildman–Crippen MR) is 43.6 cm³/mol. The Labute approximate surface area is 78.5 Å². The fourth-order valence-electron chi connectivity index (χ4n) is 1.12. The van der Waals surface area contributed by atoms with Gasteiger partial charge in [-0.1, -0.05) is 0 Å². The SMILES string of the molecule is NCCCc1c(F)c(F)cc(F)c1F. The summed E-state index contributed by atoms with van der Waals surface area (Å²) in [7, 11) is 0. The van der Waals surface area contributed by atoms with Crippen molar-refractivity contribution in [3.8, 4) is 0 Å². The summed E-state index contributed by atoms with van der Waals surface area (Å²) in [5.74, 6) is -5.43. The van der Waals surface area contributed by atoms with Crippen LogP contribution in [0.25, 0.3) is 0 Å². The van der Waals surface area contributed by atoms with Crippen molar-refractivity contribution in [2.75, 3.05) is 6.54 Å². The zero-order valence-corrected chi connectivity index (χ0v) is 7.29. The molecule has 0 radical (unpaired) electrons. The normalized spacial score (nSPS) is 10.6. The van der Waals surface area contributed by atoms with E-state index in [0.29, 0.717) is 0 Å². The third-order valence-electron chi connectivity index (χ3n) is 1.83. The number of hydrogen-bond acceptors (Lipinski definition) is 1. The highest BCUT2D eigenvalue weighted by atomic mass is 19.2. The summed E-state index contributed by atoms with van der Waals surface area (Å²) in [5.41, 5.74) is 4.54. The van der Waals surface area contributed by atoms with Crippen molar-refractivity contribution in [3.63, 3.8) is 0 Å². The highest BCUT2D eigenvalue weighted by molar-refractivity contribution is 5.22. The lowest BCUT2D eigenvalue weighted by Gasteiger charge is -2.05. The second kappa shape index (κ2) is 4.41. The Morgan fingerprint density at radius 2 is 1.50 bits per heavy atom. The number of halogens is 4. The standard InChI is InChI=1S/C9H9F4N/c10-6-4-7(11)9(13)5(8(6)12)2-1-3-14/h4H,1-3,14H2. The van der Waals surface area contributed by atoms with Gasteiger partial charge in [0, 0.05) is 11.6 Å². The first-order valence-electron chi connectivity index (χ1n) is 4.10. The van der Waals surface area contributed by atoms with Crippen molar-refractivity contribution >= 4 is 0 Å². The highest BCUT2D eigenvalue weighted by Gasteiger charge is 2.17. The molecule has 78 valence electrons. The second-order valence-corrected chi connectivity index (χ2v) is 2.84. The Morgan fingerprint density at radius 3 is 1.93 bits per heavy atom. The molecular formula is C9H9F4N. The summed E-state index contributed by atoms with van der Waals surface area (Å²) >= 11 is 0. The van der Waals surface area contributed by atoms with E-state index in [1.165, 1.54) is 0 Å². The van der Waals surface area contributed by atoms with Crippen LogP contribution >= 0.6 is 0 Å². The van der Waals surface area contributed by atoms with Gasteiger partial charge >= 0.3 is 0 Å². The summed E-state index contributed by atoms with van der Waals surface area (Å²) in [4.78, 5) is 0. The zero-order chi connectivity index (χ0) is 10.7. The first-order chi connectivity index (χ1) is 6.57. The average molecular weight is 207 g/mol. The molecule has 0 spiro atoms. The summed E-state index contributed by atoms with van der Waals surface area (Å²) in [6.45, 7) is 0.205. The minimum absolute atomic E-state index is 0.108. The van der Waals surface area contributed by atoms with Crippen LogP contribution in [0.15, 0.2) is 6.07 Å². The Hall–Kier alpha value is -1.10.